The second-order valence-electron chi connectivity index (χ2n) is 11.3. The van der Waals surface area contributed by atoms with Gasteiger partial charge in [-0.1, -0.05) is 41.5 Å². The Morgan fingerprint density at radius 1 is 0.643 bits per heavy atom. The predicted molar refractivity (Wildman–Crippen MR) is 119 cm³/mol. The molecule has 0 spiro atoms. The van der Waals surface area contributed by atoms with Gasteiger partial charge in [0.2, 0.25) is 0 Å². The van der Waals surface area contributed by atoms with Crippen molar-refractivity contribution >= 4 is 0 Å². The molecule has 0 aromatic carbocycles. The topological polar surface area (TPSA) is 64.5 Å². The number of aliphatic hydroxyl groups is 2. The van der Waals surface area contributed by atoms with Crippen molar-refractivity contribution in [2.45, 2.75) is 141 Å². The highest BCUT2D eigenvalue weighted by atomic mass is 16.4. The average Bonchev–Trinajstić information content (AvgIpc) is 2.64. The van der Waals surface area contributed by atoms with E-state index in [1.807, 2.05) is 0 Å². The van der Waals surface area contributed by atoms with Gasteiger partial charge in [0, 0.05) is 34.0 Å². The fourth-order valence-corrected chi connectivity index (χ4v) is 6.51. The van der Waals surface area contributed by atoms with E-state index in [1.165, 1.54) is 0 Å². The molecule has 166 valence electrons. The summed E-state index contributed by atoms with van der Waals surface area (Å²) in [5.74, 6) is -0.116. The van der Waals surface area contributed by atoms with Gasteiger partial charge in [0.25, 0.3) is 0 Å². The van der Waals surface area contributed by atoms with E-state index in [9.17, 15) is 10.2 Å². The van der Waals surface area contributed by atoms with Crippen molar-refractivity contribution in [1.29, 1.82) is 0 Å². The first-order valence-electron chi connectivity index (χ1n) is 11.7. The summed E-state index contributed by atoms with van der Waals surface area (Å²) in [6.45, 7) is 21.9. The third-order valence-electron chi connectivity index (χ3n) is 9.62. The minimum atomic E-state index is -1.15. The molecule has 4 nitrogen and oxygen atoms in total. The lowest BCUT2D eigenvalue weighted by Crippen LogP contribution is -2.82. The number of nitrogens with one attached hydrogen (secondary N) is 2. The van der Waals surface area contributed by atoms with E-state index in [0.29, 0.717) is 12.8 Å². The molecule has 4 heteroatoms. The van der Waals surface area contributed by atoms with Gasteiger partial charge in [0.15, 0.2) is 0 Å². The third-order valence-corrected chi connectivity index (χ3v) is 9.62. The van der Waals surface area contributed by atoms with Crippen molar-refractivity contribution in [3.05, 3.63) is 0 Å². The third kappa shape index (κ3) is 3.36. The molecular formula is C24H48N2O2. The van der Waals surface area contributed by atoms with Gasteiger partial charge >= 0.3 is 0 Å². The van der Waals surface area contributed by atoms with Crippen LogP contribution in [0.3, 0.4) is 0 Å². The molecule has 4 N–H and O–H groups in total. The zero-order valence-corrected chi connectivity index (χ0v) is 20.3. The molecule has 8 unspecified atom stereocenters. The summed E-state index contributed by atoms with van der Waals surface area (Å²) in [4.78, 5) is 0. The van der Waals surface area contributed by atoms with E-state index in [1.54, 1.807) is 0 Å². The first kappa shape index (κ1) is 24.1. The molecule has 2 aliphatic heterocycles. The summed E-state index contributed by atoms with van der Waals surface area (Å²) in [6, 6.07) is 0. The SMILES string of the molecule is CCC1(C)CC(O)(C2(O)CC(C)(CC)NC(C)(CC)C2C)C(C)C(C)(CC)N1. The lowest BCUT2D eigenvalue weighted by molar-refractivity contribution is -0.272. The maximum atomic E-state index is 12.5. The van der Waals surface area contributed by atoms with Crippen molar-refractivity contribution in [3.63, 3.8) is 0 Å². The lowest BCUT2D eigenvalue weighted by atomic mass is 9.50. The zero-order valence-electron chi connectivity index (χ0n) is 20.3. The zero-order chi connectivity index (χ0) is 21.8. The van der Waals surface area contributed by atoms with Crippen LogP contribution in [-0.2, 0) is 0 Å². The predicted octanol–water partition coefficient (Wildman–Crippen LogP) is 4.38. The molecule has 0 aromatic heterocycles. The summed E-state index contributed by atoms with van der Waals surface area (Å²) in [7, 11) is 0. The second-order valence-corrected chi connectivity index (χ2v) is 11.3. The molecule has 0 saturated carbocycles. The molecule has 0 amide bonds. The molecule has 2 aliphatic rings. The van der Waals surface area contributed by atoms with E-state index in [4.69, 9.17) is 0 Å². The molecule has 0 bridgehead atoms. The summed E-state index contributed by atoms with van der Waals surface area (Å²) >= 11 is 0. The van der Waals surface area contributed by atoms with Crippen molar-refractivity contribution < 1.29 is 10.2 Å². The first-order chi connectivity index (χ1) is 12.6. The van der Waals surface area contributed by atoms with Crippen LogP contribution in [0.4, 0.5) is 0 Å². The van der Waals surface area contributed by atoms with Crippen molar-refractivity contribution in [2.75, 3.05) is 0 Å². The van der Waals surface area contributed by atoms with Crippen LogP contribution in [0.15, 0.2) is 0 Å². The van der Waals surface area contributed by atoms with Crippen molar-refractivity contribution in [1.82, 2.24) is 10.6 Å². The molecule has 0 radical (unpaired) electrons. The minimum Gasteiger partial charge on any atom is -0.386 e. The quantitative estimate of drug-likeness (QED) is 0.557. The van der Waals surface area contributed by atoms with Crippen LogP contribution in [0.5, 0.6) is 0 Å². The molecule has 28 heavy (non-hydrogen) atoms. The Bertz CT molecular complexity index is 535. The Labute approximate surface area is 174 Å². The highest BCUT2D eigenvalue weighted by Gasteiger charge is 2.68. The molecular weight excluding hydrogens is 348 g/mol. The standard InChI is InChI=1S/C24H48N2O2/c1-11-19(7)15-23(27,17(5)21(9,13-3)25-19)24(28)16-20(8,12-2)26-22(10,14-4)18(24)6/h17-18,25-28H,11-16H2,1-10H3. The molecule has 0 aliphatic carbocycles. The number of hydrogen-bond acceptors (Lipinski definition) is 4. The Morgan fingerprint density at radius 3 is 1.14 bits per heavy atom. The molecule has 2 rings (SSSR count). The largest absolute Gasteiger partial charge is 0.386 e. The van der Waals surface area contributed by atoms with Crippen molar-refractivity contribution in [2.24, 2.45) is 11.8 Å². The lowest BCUT2D eigenvalue weighted by Gasteiger charge is -2.67. The van der Waals surface area contributed by atoms with Crippen LogP contribution in [0.2, 0.25) is 0 Å². The van der Waals surface area contributed by atoms with Crippen LogP contribution < -0.4 is 10.6 Å². The van der Waals surface area contributed by atoms with Gasteiger partial charge in [0.1, 0.15) is 0 Å². The smallest absolute Gasteiger partial charge is 0.0997 e. The van der Waals surface area contributed by atoms with E-state index >= 15 is 0 Å². The van der Waals surface area contributed by atoms with Gasteiger partial charge in [-0.2, -0.15) is 0 Å². The van der Waals surface area contributed by atoms with Crippen LogP contribution in [0.1, 0.15) is 108 Å². The summed E-state index contributed by atoms with van der Waals surface area (Å²) in [6.07, 6.45) is 4.85. The molecule has 8 atom stereocenters. The highest BCUT2D eigenvalue weighted by molar-refractivity contribution is 5.23. The van der Waals surface area contributed by atoms with E-state index in [0.717, 1.165) is 25.7 Å². The minimum absolute atomic E-state index is 0.0580. The molecule has 2 saturated heterocycles. The van der Waals surface area contributed by atoms with Crippen LogP contribution in [-0.4, -0.2) is 43.6 Å². The summed E-state index contributed by atoms with van der Waals surface area (Å²) in [5, 5.41) is 32.7. The van der Waals surface area contributed by atoms with Gasteiger partial charge < -0.3 is 20.8 Å². The fraction of sp³-hybridized carbons (Fsp3) is 1.00. The monoisotopic (exact) mass is 396 g/mol. The number of piperidine rings is 2. The Hall–Kier alpha value is -0.160. The normalized spacial score (nSPS) is 55.3. The van der Waals surface area contributed by atoms with Gasteiger partial charge in [-0.25, -0.2) is 0 Å². The average molecular weight is 397 g/mol. The van der Waals surface area contributed by atoms with E-state index in [2.05, 4.69) is 79.9 Å². The van der Waals surface area contributed by atoms with Gasteiger partial charge in [0.05, 0.1) is 11.2 Å². The maximum absolute atomic E-state index is 12.5. The maximum Gasteiger partial charge on any atom is 0.0997 e. The van der Waals surface area contributed by atoms with Gasteiger partial charge in [-0.05, 0) is 66.2 Å². The Balaban J connectivity index is 2.67. The highest BCUT2D eigenvalue weighted by Crippen LogP contribution is 2.56. The van der Waals surface area contributed by atoms with E-state index < -0.39 is 11.2 Å². The Morgan fingerprint density at radius 2 is 0.929 bits per heavy atom. The molecule has 2 fully saturated rings. The number of rotatable bonds is 5. The first-order valence-corrected chi connectivity index (χ1v) is 11.7. The fourth-order valence-electron chi connectivity index (χ4n) is 6.51. The summed E-state index contributed by atoms with van der Waals surface area (Å²) in [5.41, 5.74) is -3.13. The van der Waals surface area contributed by atoms with Crippen LogP contribution >= 0.6 is 0 Å². The van der Waals surface area contributed by atoms with E-state index in [-0.39, 0.29) is 34.0 Å². The Kier molecular flexibility index (Phi) is 6.21. The van der Waals surface area contributed by atoms with Crippen LogP contribution in [0, 0.1) is 11.8 Å². The molecule has 0 aromatic rings. The van der Waals surface area contributed by atoms with Crippen LogP contribution in [0.25, 0.3) is 0 Å². The van der Waals surface area contributed by atoms with Gasteiger partial charge in [-0.3, -0.25) is 0 Å². The molecule has 2 heterocycles. The number of hydrogen-bond donors (Lipinski definition) is 4. The second kappa shape index (κ2) is 7.21. The summed E-state index contributed by atoms with van der Waals surface area (Å²) < 4.78 is 0. The van der Waals surface area contributed by atoms with Gasteiger partial charge in [-0.15, -0.1) is 0 Å². The van der Waals surface area contributed by atoms with Crippen molar-refractivity contribution in [3.8, 4) is 0 Å².